The maximum Gasteiger partial charge on any atom is 0.130 e. The molecule has 0 saturated carbocycles. The Kier molecular flexibility index (Phi) is 3.51. The van der Waals surface area contributed by atoms with Crippen LogP contribution in [-0.2, 0) is 6.42 Å². The van der Waals surface area contributed by atoms with E-state index in [0.29, 0.717) is 0 Å². The predicted molar refractivity (Wildman–Crippen MR) is 97.2 cm³/mol. The molecule has 0 aliphatic carbocycles. The van der Waals surface area contributed by atoms with Gasteiger partial charge in [-0.2, -0.15) is 0 Å². The van der Waals surface area contributed by atoms with E-state index in [4.69, 9.17) is 0 Å². The molecule has 0 radical (unpaired) electrons. The minimum atomic E-state index is 0.126. The minimum Gasteiger partial charge on any atom is -0.359 e. The van der Waals surface area contributed by atoms with E-state index in [2.05, 4.69) is 96.0 Å². The van der Waals surface area contributed by atoms with Gasteiger partial charge in [-0.3, -0.25) is 0 Å². The van der Waals surface area contributed by atoms with Crippen molar-refractivity contribution in [3.05, 3.63) is 90.0 Å². The van der Waals surface area contributed by atoms with Crippen molar-refractivity contribution in [2.24, 2.45) is 0 Å². The van der Waals surface area contributed by atoms with Crippen molar-refractivity contribution in [1.82, 2.24) is 0 Å². The first-order valence-corrected chi connectivity index (χ1v) is 8.15. The monoisotopic (exact) mass is 300 g/mol. The largest absolute Gasteiger partial charge is 0.359 e. The number of benzene rings is 3. The molecule has 3 aromatic carbocycles. The quantitative estimate of drug-likeness (QED) is 0.686. The minimum absolute atomic E-state index is 0.126. The van der Waals surface area contributed by atoms with Crippen LogP contribution in [0.25, 0.3) is 0 Å². The fourth-order valence-electron chi connectivity index (χ4n) is 3.25. The van der Waals surface area contributed by atoms with E-state index in [9.17, 15) is 0 Å². The van der Waals surface area contributed by atoms with Gasteiger partial charge in [0.2, 0.25) is 0 Å². The summed E-state index contributed by atoms with van der Waals surface area (Å²) in [6.07, 6.45) is 1.18. The molecule has 1 atom stereocenters. The Morgan fingerprint density at radius 2 is 1.65 bits per heavy atom. The lowest BCUT2D eigenvalue weighted by molar-refractivity contribution is 0.825. The van der Waals surface area contributed by atoms with Gasteiger partial charge in [-0.15, -0.1) is 0 Å². The molecule has 0 aromatic heterocycles. The Morgan fingerprint density at radius 1 is 0.870 bits per heavy atom. The third-order valence-electron chi connectivity index (χ3n) is 4.42. The number of aryl methyl sites for hydroxylation is 1. The number of anilines is 3. The standard InChI is InChI=1S/C21H20N2/c1-2-16-9-8-10-17(15-16)21-22-19-13-6-7-14-20(19)23(21)18-11-4-3-5-12-18/h3-15,21-22H,2H2,1H3. The van der Waals surface area contributed by atoms with Crippen LogP contribution in [0.2, 0.25) is 0 Å². The zero-order chi connectivity index (χ0) is 15.6. The maximum absolute atomic E-state index is 3.68. The number of nitrogens with one attached hydrogen (secondary N) is 1. The van der Waals surface area contributed by atoms with Crippen LogP contribution in [0.3, 0.4) is 0 Å². The molecule has 0 bridgehead atoms. The zero-order valence-corrected chi connectivity index (χ0v) is 13.2. The van der Waals surface area contributed by atoms with Crippen molar-refractivity contribution >= 4 is 17.1 Å². The lowest BCUT2D eigenvalue weighted by atomic mass is 10.1. The third kappa shape index (κ3) is 2.46. The van der Waals surface area contributed by atoms with E-state index in [1.807, 2.05) is 0 Å². The van der Waals surface area contributed by atoms with E-state index in [1.54, 1.807) is 0 Å². The Bertz CT molecular complexity index is 811. The molecule has 23 heavy (non-hydrogen) atoms. The van der Waals surface area contributed by atoms with Crippen LogP contribution < -0.4 is 10.2 Å². The molecule has 0 fully saturated rings. The molecular weight excluding hydrogens is 280 g/mol. The molecule has 114 valence electrons. The topological polar surface area (TPSA) is 15.3 Å². The highest BCUT2D eigenvalue weighted by atomic mass is 15.3. The van der Waals surface area contributed by atoms with Gasteiger partial charge in [0.25, 0.3) is 0 Å². The SMILES string of the molecule is CCc1cccc(C2Nc3ccccc3N2c2ccccc2)c1. The molecule has 0 spiro atoms. The molecule has 1 aliphatic heterocycles. The maximum atomic E-state index is 3.68. The normalized spacial score (nSPS) is 16.0. The number of nitrogens with zero attached hydrogens (tertiary/aromatic N) is 1. The number of fused-ring (bicyclic) bond motifs is 1. The molecule has 1 heterocycles. The van der Waals surface area contributed by atoms with Crippen molar-refractivity contribution < 1.29 is 0 Å². The molecule has 1 unspecified atom stereocenters. The predicted octanol–water partition coefficient (Wildman–Crippen LogP) is 5.51. The van der Waals surface area contributed by atoms with Crippen LogP contribution in [0.4, 0.5) is 17.1 Å². The van der Waals surface area contributed by atoms with Crippen LogP contribution in [0.15, 0.2) is 78.9 Å². The van der Waals surface area contributed by atoms with E-state index in [-0.39, 0.29) is 6.17 Å². The summed E-state index contributed by atoms with van der Waals surface area (Å²) in [5.41, 5.74) is 6.28. The first-order chi connectivity index (χ1) is 11.4. The third-order valence-corrected chi connectivity index (χ3v) is 4.42. The Morgan fingerprint density at radius 3 is 2.48 bits per heavy atom. The van der Waals surface area contributed by atoms with Crippen molar-refractivity contribution in [1.29, 1.82) is 0 Å². The van der Waals surface area contributed by atoms with Gasteiger partial charge in [0.05, 0.1) is 11.4 Å². The second kappa shape index (κ2) is 5.81. The molecule has 2 heteroatoms. The van der Waals surface area contributed by atoms with Crippen LogP contribution in [-0.4, -0.2) is 0 Å². The van der Waals surface area contributed by atoms with Gasteiger partial charge in [0.15, 0.2) is 0 Å². The molecule has 2 nitrogen and oxygen atoms in total. The van der Waals surface area contributed by atoms with E-state index in [1.165, 1.54) is 28.2 Å². The summed E-state index contributed by atoms with van der Waals surface area (Å²) >= 11 is 0. The van der Waals surface area contributed by atoms with Crippen LogP contribution >= 0.6 is 0 Å². The fraction of sp³-hybridized carbons (Fsp3) is 0.143. The molecule has 0 amide bonds. The smallest absolute Gasteiger partial charge is 0.130 e. The second-order valence-electron chi connectivity index (χ2n) is 5.87. The van der Waals surface area contributed by atoms with Gasteiger partial charge in [-0.25, -0.2) is 0 Å². The summed E-state index contributed by atoms with van der Waals surface area (Å²) in [5, 5.41) is 3.68. The Hall–Kier alpha value is -2.74. The first-order valence-electron chi connectivity index (χ1n) is 8.15. The van der Waals surface area contributed by atoms with E-state index >= 15 is 0 Å². The van der Waals surface area contributed by atoms with Crippen molar-refractivity contribution in [3.63, 3.8) is 0 Å². The lowest BCUT2D eigenvalue weighted by Crippen LogP contribution is -2.23. The molecule has 3 aromatic rings. The van der Waals surface area contributed by atoms with Gasteiger partial charge in [-0.05, 0) is 41.8 Å². The van der Waals surface area contributed by atoms with Crippen LogP contribution in [0, 0.1) is 0 Å². The van der Waals surface area contributed by atoms with Gasteiger partial charge >= 0.3 is 0 Å². The Balaban J connectivity index is 1.83. The molecule has 4 rings (SSSR count). The molecule has 0 saturated heterocycles. The van der Waals surface area contributed by atoms with Crippen LogP contribution in [0.1, 0.15) is 24.2 Å². The van der Waals surface area contributed by atoms with Crippen molar-refractivity contribution in [3.8, 4) is 0 Å². The number of hydrogen-bond acceptors (Lipinski definition) is 2. The zero-order valence-electron chi connectivity index (χ0n) is 13.2. The summed E-state index contributed by atoms with van der Waals surface area (Å²) in [5.74, 6) is 0. The summed E-state index contributed by atoms with van der Waals surface area (Å²) in [6.45, 7) is 2.20. The number of rotatable bonds is 3. The molecular formula is C21H20N2. The molecule has 1 N–H and O–H groups in total. The summed E-state index contributed by atoms with van der Waals surface area (Å²) in [7, 11) is 0. The Labute approximate surface area is 137 Å². The average molecular weight is 300 g/mol. The van der Waals surface area contributed by atoms with Gasteiger partial charge in [0, 0.05) is 5.69 Å². The molecule has 1 aliphatic rings. The highest BCUT2D eigenvalue weighted by Gasteiger charge is 2.30. The van der Waals surface area contributed by atoms with Crippen molar-refractivity contribution in [2.75, 3.05) is 10.2 Å². The summed E-state index contributed by atoms with van der Waals surface area (Å²) in [4.78, 5) is 2.38. The highest BCUT2D eigenvalue weighted by Crippen LogP contribution is 2.45. The van der Waals surface area contributed by atoms with Gasteiger partial charge in [-0.1, -0.05) is 61.5 Å². The second-order valence-corrected chi connectivity index (χ2v) is 5.87. The average Bonchev–Trinajstić information content (AvgIpc) is 3.02. The highest BCUT2D eigenvalue weighted by molar-refractivity contribution is 5.83. The van der Waals surface area contributed by atoms with Gasteiger partial charge in [0.1, 0.15) is 6.17 Å². The number of hydrogen-bond donors (Lipinski definition) is 1. The van der Waals surface area contributed by atoms with Gasteiger partial charge < -0.3 is 10.2 Å². The summed E-state index contributed by atoms with van der Waals surface area (Å²) in [6, 6.07) is 28.0. The van der Waals surface area contributed by atoms with E-state index < -0.39 is 0 Å². The van der Waals surface area contributed by atoms with E-state index in [0.717, 1.165) is 6.42 Å². The van der Waals surface area contributed by atoms with Crippen molar-refractivity contribution in [2.45, 2.75) is 19.5 Å². The number of para-hydroxylation sites is 3. The lowest BCUT2D eigenvalue weighted by Gasteiger charge is -2.27. The van der Waals surface area contributed by atoms with Crippen LogP contribution in [0.5, 0.6) is 0 Å². The fourth-order valence-corrected chi connectivity index (χ4v) is 3.25. The first kappa shape index (κ1) is 13.9. The summed E-state index contributed by atoms with van der Waals surface area (Å²) < 4.78 is 0.